The smallest absolute Gasteiger partial charge is 0.313 e. The minimum atomic E-state index is -0.935. The fraction of sp³-hybridized carbons (Fsp3) is 0.615. The van der Waals surface area contributed by atoms with E-state index in [9.17, 15) is 9.59 Å². The van der Waals surface area contributed by atoms with Crippen molar-refractivity contribution < 1.29 is 14.6 Å². The van der Waals surface area contributed by atoms with Gasteiger partial charge in [-0.1, -0.05) is 18.7 Å². The minimum Gasteiger partial charge on any atom is -0.481 e. The first-order chi connectivity index (χ1) is 10.1. The van der Waals surface area contributed by atoms with Crippen molar-refractivity contribution in [2.45, 2.75) is 24.7 Å². The summed E-state index contributed by atoms with van der Waals surface area (Å²) in [5.74, 6) is -1.06. The van der Waals surface area contributed by atoms with Gasteiger partial charge in [0.15, 0.2) is 5.16 Å². The van der Waals surface area contributed by atoms with Crippen molar-refractivity contribution in [3.8, 4) is 0 Å². The molecule has 0 spiro atoms. The lowest BCUT2D eigenvalue weighted by Crippen LogP contribution is -2.44. The van der Waals surface area contributed by atoms with E-state index in [1.807, 2.05) is 0 Å². The monoisotopic (exact) mass is 313 g/mol. The van der Waals surface area contributed by atoms with Gasteiger partial charge < -0.3 is 14.4 Å². The van der Waals surface area contributed by atoms with Gasteiger partial charge in [0.1, 0.15) is 0 Å². The quantitative estimate of drug-likeness (QED) is 0.590. The van der Waals surface area contributed by atoms with Crippen molar-refractivity contribution in [2.24, 2.45) is 0 Å². The van der Waals surface area contributed by atoms with E-state index >= 15 is 0 Å². The van der Waals surface area contributed by atoms with Gasteiger partial charge in [0.2, 0.25) is 0 Å². The summed E-state index contributed by atoms with van der Waals surface area (Å²) in [5, 5.41) is 9.17. The standard InChI is InChI=1S/C13H19N3O4S/c1-2-15-5-6-20-10(7-15)8-16-4-3-11(17)14-13(16)21-9-12(18)19/h3-4,10H,2,5-9H2,1H3,(H,18,19). The molecule has 1 atom stereocenters. The Bertz CT molecular complexity index is 548. The molecule has 1 aromatic heterocycles. The molecule has 0 radical (unpaired) electrons. The number of morpholine rings is 1. The maximum Gasteiger partial charge on any atom is 0.313 e. The Morgan fingerprint density at radius 1 is 1.62 bits per heavy atom. The normalized spacial score (nSPS) is 19.6. The maximum atomic E-state index is 11.4. The van der Waals surface area contributed by atoms with Crippen LogP contribution in [-0.4, -0.2) is 63.6 Å². The molecule has 0 amide bonds. The van der Waals surface area contributed by atoms with Crippen LogP contribution in [0.2, 0.25) is 0 Å². The molecule has 21 heavy (non-hydrogen) atoms. The molecule has 1 aliphatic rings. The zero-order valence-corrected chi connectivity index (χ0v) is 12.7. The van der Waals surface area contributed by atoms with Gasteiger partial charge in [-0.2, -0.15) is 4.98 Å². The van der Waals surface area contributed by atoms with E-state index in [2.05, 4.69) is 16.8 Å². The van der Waals surface area contributed by atoms with E-state index < -0.39 is 5.97 Å². The van der Waals surface area contributed by atoms with Gasteiger partial charge in [0.25, 0.3) is 5.56 Å². The van der Waals surface area contributed by atoms with Crippen LogP contribution in [0, 0.1) is 0 Å². The fourth-order valence-corrected chi connectivity index (χ4v) is 2.90. The molecule has 1 unspecified atom stereocenters. The van der Waals surface area contributed by atoms with Crippen molar-refractivity contribution in [3.05, 3.63) is 22.6 Å². The molecule has 1 aromatic rings. The number of carbonyl (C=O) groups is 1. The van der Waals surface area contributed by atoms with Crippen LogP contribution in [0.25, 0.3) is 0 Å². The first-order valence-electron chi connectivity index (χ1n) is 6.84. The number of thioether (sulfide) groups is 1. The lowest BCUT2D eigenvalue weighted by Gasteiger charge is -2.32. The van der Waals surface area contributed by atoms with E-state index in [1.165, 1.54) is 6.07 Å². The Kier molecular flexibility index (Phi) is 5.77. The Morgan fingerprint density at radius 3 is 3.14 bits per heavy atom. The van der Waals surface area contributed by atoms with Crippen molar-refractivity contribution in [1.82, 2.24) is 14.5 Å². The largest absolute Gasteiger partial charge is 0.481 e. The van der Waals surface area contributed by atoms with Gasteiger partial charge in [-0.15, -0.1) is 0 Å². The first kappa shape index (κ1) is 16.0. The third-order valence-corrected chi connectivity index (χ3v) is 4.22. The van der Waals surface area contributed by atoms with Crippen LogP contribution in [0.3, 0.4) is 0 Å². The number of nitrogens with zero attached hydrogens (tertiary/aromatic N) is 3. The number of likely N-dealkylation sites (N-methyl/N-ethyl adjacent to an activating group) is 1. The Morgan fingerprint density at radius 2 is 2.43 bits per heavy atom. The number of ether oxygens (including phenoxy) is 1. The second-order valence-corrected chi connectivity index (χ2v) is 5.71. The first-order valence-corrected chi connectivity index (χ1v) is 7.83. The van der Waals surface area contributed by atoms with Gasteiger partial charge in [0.05, 0.1) is 25.0 Å². The summed E-state index contributed by atoms with van der Waals surface area (Å²) in [6.45, 7) is 6.08. The van der Waals surface area contributed by atoms with Gasteiger partial charge >= 0.3 is 5.97 Å². The highest BCUT2D eigenvalue weighted by molar-refractivity contribution is 7.99. The van der Waals surface area contributed by atoms with E-state index in [1.54, 1.807) is 10.8 Å². The Hall–Kier alpha value is -1.38. The Labute approximate surface area is 126 Å². The van der Waals surface area contributed by atoms with Crippen LogP contribution in [0.4, 0.5) is 0 Å². The second-order valence-electron chi connectivity index (χ2n) is 4.77. The molecule has 116 valence electrons. The molecule has 0 saturated carbocycles. The summed E-state index contributed by atoms with van der Waals surface area (Å²) in [7, 11) is 0. The number of aromatic nitrogens is 2. The third kappa shape index (κ3) is 4.83. The molecule has 1 N–H and O–H groups in total. The van der Waals surface area contributed by atoms with E-state index in [0.29, 0.717) is 18.3 Å². The molecule has 0 aromatic carbocycles. The van der Waals surface area contributed by atoms with Crippen molar-refractivity contribution in [3.63, 3.8) is 0 Å². The average molecular weight is 313 g/mol. The molecule has 1 fully saturated rings. The number of aliphatic carboxylic acids is 1. The number of hydrogen-bond acceptors (Lipinski definition) is 6. The van der Waals surface area contributed by atoms with E-state index in [4.69, 9.17) is 9.84 Å². The van der Waals surface area contributed by atoms with Gasteiger partial charge in [-0.05, 0) is 6.54 Å². The van der Waals surface area contributed by atoms with Crippen LogP contribution in [0.1, 0.15) is 6.92 Å². The highest BCUT2D eigenvalue weighted by atomic mass is 32.2. The molecule has 2 heterocycles. The van der Waals surface area contributed by atoms with E-state index in [0.717, 1.165) is 31.4 Å². The molecule has 1 aliphatic heterocycles. The SMILES string of the molecule is CCN1CCOC(Cn2ccc(=O)nc2SCC(=O)O)C1. The predicted octanol–water partition coefficient (Wildman–Crippen LogP) is 0.141. The van der Waals surface area contributed by atoms with Crippen LogP contribution >= 0.6 is 11.8 Å². The van der Waals surface area contributed by atoms with Crippen LogP contribution in [0.15, 0.2) is 22.2 Å². The topological polar surface area (TPSA) is 84.7 Å². The molecule has 2 rings (SSSR count). The highest BCUT2D eigenvalue weighted by Crippen LogP contribution is 2.15. The third-order valence-electron chi connectivity index (χ3n) is 3.24. The van der Waals surface area contributed by atoms with Crippen molar-refractivity contribution in [2.75, 3.05) is 32.0 Å². The van der Waals surface area contributed by atoms with E-state index in [-0.39, 0.29) is 17.4 Å². The Balaban J connectivity index is 2.07. The maximum absolute atomic E-state index is 11.4. The second kappa shape index (κ2) is 7.58. The lowest BCUT2D eigenvalue weighted by molar-refractivity contribution is -0.133. The zero-order chi connectivity index (χ0) is 15.2. The number of carboxylic acid groups (broad SMARTS) is 1. The molecule has 8 heteroatoms. The number of hydrogen-bond donors (Lipinski definition) is 1. The summed E-state index contributed by atoms with van der Waals surface area (Å²) in [4.78, 5) is 28.2. The van der Waals surface area contributed by atoms with Gasteiger partial charge in [-0.25, -0.2) is 0 Å². The summed E-state index contributed by atoms with van der Waals surface area (Å²) in [5.41, 5.74) is -0.362. The molecule has 0 bridgehead atoms. The summed E-state index contributed by atoms with van der Waals surface area (Å²) >= 11 is 1.05. The van der Waals surface area contributed by atoms with Crippen LogP contribution in [-0.2, 0) is 16.1 Å². The number of carboxylic acids is 1. The predicted molar refractivity (Wildman–Crippen MR) is 78.7 cm³/mol. The average Bonchev–Trinajstić information content (AvgIpc) is 2.47. The summed E-state index contributed by atoms with van der Waals surface area (Å²) in [6, 6.07) is 1.38. The van der Waals surface area contributed by atoms with Crippen LogP contribution < -0.4 is 5.56 Å². The van der Waals surface area contributed by atoms with Crippen molar-refractivity contribution >= 4 is 17.7 Å². The summed E-state index contributed by atoms with van der Waals surface area (Å²) < 4.78 is 7.52. The number of rotatable bonds is 6. The summed E-state index contributed by atoms with van der Waals surface area (Å²) in [6.07, 6.45) is 1.67. The minimum absolute atomic E-state index is 0.0205. The van der Waals surface area contributed by atoms with Crippen molar-refractivity contribution in [1.29, 1.82) is 0 Å². The fourth-order valence-electron chi connectivity index (χ4n) is 2.19. The molecular formula is C13H19N3O4S. The van der Waals surface area contributed by atoms with Gasteiger partial charge in [-0.3, -0.25) is 14.5 Å². The van der Waals surface area contributed by atoms with Crippen LogP contribution in [0.5, 0.6) is 0 Å². The molecule has 1 saturated heterocycles. The van der Waals surface area contributed by atoms with Gasteiger partial charge in [0, 0.05) is 25.4 Å². The lowest BCUT2D eigenvalue weighted by atomic mass is 10.2. The highest BCUT2D eigenvalue weighted by Gasteiger charge is 2.20. The molecular weight excluding hydrogens is 294 g/mol. The molecule has 7 nitrogen and oxygen atoms in total. The zero-order valence-electron chi connectivity index (χ0n) is 11.9. The molecule has 0 aliphatic carbocycles.